The zero-order chi connectivity index (χ0) is 44.5. The zero-order valence-corrected chi connectivity index (χ0v) is 35.7. The molecule has 0 fully saturated rings. The van der Waals surface area contributed by atoms with Crippen LogP contribution in [0.5, 0.6) is 0 Å². The van der Waals surface area contributed by atoms with Crippen molar-refractivity contribution in [3.05, 3.63) is 243 Å². The van der Waals surface area contributed by atoms with Crippen molar-refractivity contribution in [2.24, 2.45) is 0 Å². The lowest BCUT2D eigenvalue weighted by atomic mass is 9.92. The molecule has 64 heavy (non-hydrogen) atoms. The molecule has 8 bridgehead atoms. The second-order valence-electron chi connectivity index (χ2n) is 15.3. The molecule has 0 unspecified atom stereocenters. The summed E-state index contributed by atoms with van der Waals surface area (Å²) in [7, 11) is 0. The maximum atomic E-state index is 5.72. The lowest BCUT2D eigenvalue weighted by Crippen LogP contribution is -1.92. The third-order valence-electron chi connectivity index (χ3n) is 12.0. The number of hydrogen-bond acceptors (Lipinski definition) is 2. The Kier molecular flexibility index (Phi) is 10.9. The summed E-state index contributed by atoms with van der Waals surface area (Å²) in [4.78, 5) is 19.4. The third kappa shape index (κ3) is 6.40. The number of fused-ring (bicyclic) bond motifs is 8. The minimum Gasteiger partial charge on any atom is -0.353 e. The van der Waals surface area contributed by atoms with Crippen LogP contribution >= 0.6 is 0 Å². The quantitative estimate of drug-likeness (QED) is 0.129. The van der Waals surface area contributed by atoms with E-state index in [0.29, 0.717) is 0 Å². The number of allylic oxidation sites excluding steroid dienone is 8. The van der Waals surface area contributed by atoms with E-state index < -0.39 is 0 Å². The number of aromatic amines is 2. The summed E-state index contributed by atoms with van der Waals surface area (Å²) in [5.74, 6) is 0. The van der Waals surface area contributed by atoms with Crippen molar-refractivity contribution in [1.82, 2.24) is 19.9 Å². The van der Waals surface area contributed by atoms with Crippen molar-refractivity contribution >= 4 is 68.7 Å². The van der Waals surface area contributed by atoms with E-state index in [1.807, 2.05) is 121 Å². The van der Waals surface area contributed by atoms with E-state index in [1.165, 1.54) is 0 Å². The number of nitrogens with one attached hydrogen (secondary N) is 2. The summed E-state index contributed by atoms with van der Waals surface area (Å²) in [6.45, 7) is 35.2. The van der Waals surface area contributed by atoms with Gasteiger partial charge in [-0.15, -0.1) is 0 Å². The Labute approximate surface area is 374 Å². The Balaban J connectivity index is 1.73. The van der Waals surface area contributed by atoms with Gasteiger partial charge in [-0.25, -0.2) is 9.97 Å². The molecule has 0 amide bonds. The lowest BCUT2D eigenvalue weighted by Gasteiger charge is -2.09. The summed E-state index contributed by atoms with van der Waals surface area (Å²) >= 11 is 0. The van der Waals surface area contributed by atoms with E-state index in [9.17, 15) is 0 Å². The molecule has 4 aromatic carbocycles. The van der Waals surface area contributed by atoms with Crippen LogP contribution in [-0.2, 0) is 0 Å². The van der Waals surface area contributed by atoms with Crippen LogP contribution in [0.1, 0.15) is 45.0 Å². The van der Waals surface area contributed by atoms with Crippen LogP contribution in [0.2, 0.25) is 0 Å². The largest absolute Gasteiger partial charge is 0.353 e. The molecular weight excluding hydrogens is 777 g/mol. The predicted octanol–water partition coefficient (Wildman–Crippen LogP) is 16.1. The summed E-state index contributed by atoms with van der Waals surface area (Å²) < 4.78 is 0. The molecule has 2 aliphatic heterocycles. The van der Waals surface area contributed by atoms with Gasteiger partial charge in [-0.2, -0.15) is 0 Å². The van der Waals surface area contributed by atoms with Crippen LogP contribution in [0.15, 0.2) is 198 Å². The van der Waals surface area contributed by atoms with Crippen molar-refractivity contribution in [1.29, 1.82) is 0 Å². The van der Waals surface area contributed by atoms with Gasteiger partial charge in [0.25, 0.3) is 0 Å². The van der Waals surface area contributed by atoms with Crippen molar-refractivity contribution in [3.8, 4) is 44.5 Å². The molecule has 306 valence electrons. The highest BCUT2D eigenvalue weighted by atomic mass is 14.8. The molecule has 2 aliphatic rings. The maximum Gasteiger partial charge on any atom is 0.0815 e. The standard InChI is InChI=1S/C60H46N4/c1-9-41-42(10-2)54-50(38-31-23-18-24-32-38)56-45(13-5)46(14-6)58(63-56)52(40-35-27-20-28-36-40)60-48(16-8)47(15-7)59(64-60)51(39-33-25-19-26-34-39)57-44(12-4)43(11-3)55(62-57)49(53(41)61-54)37-29-21-17-22-30-37/h9-36,61,64H,1-8H2. The van der Waals surface area contributed by atoms with Crippen molar-refractivity contribution in [3.63, 3.8) is 0 Å². The summed E-state index contributed by atoms with van der Waals surface area (Å²) in [5.41, 5.74) is 20.1. The first kappa shape index (κ1) is 40.8. The van der Waals surface area contributed by atoms with E-state index >= 15 is 0 Å². The van der Waals surface area contributed by atoms with Crippen LogP contribution in [0, 0.1) is 0 Å². The molecule has 9 rings (SSSR count). The van der Waals surface area contributed by atoms with Crippen LogP contribution < -0.4 is 0 Å². The van der Waals surface area contributed by atoms with Crippen LogP contribution in [-0.4, -0.2) is 19.9 Å². The second-order valence-corrected chi connectivity index (χ2v) is 15.3. The van der Waals surface area contributed by atoms with Crippen molar-refractivity contribution in [2.75, 3.05) is 0 Å². The van der Waals surface area contributed by atoms with E-state index in [2.05, 4.69) is 111 Å². The minimum absolute atomic E-state index is 0.723. The highest BCUT2D eigenvalue weighted by Gasteiger charge is 2.30. The fourth-order valence-corrected chi connectivity index (χ4v) is 9.28. The number of H-pyrrole nitrogens is 2. The second kappa shape index (κ2) is 17.0. The molecule has 4 nitrogen and oxygen atoms in total. The van der Waals surface area contributed by atoms with Crippen LogP contribution in [0.3, 0.4) is 0 Å². The molecule has 0 radical (unpaired) electrons. The highest BCUT2D eigenvalue weighted by molar-refractivity contribution is 6.15. The number of rotatable bonds is 12. The lowest BCUT2D eigenvalue weighted by molar-refractivity contribution is 1.30. The van der Waals surface area contributed by atoms with Gasteiger partial charge in [-0.3, -0.25) is 0 Å². The number of nitrogens with zero attached hydrogens (tertiary/aromatic N) is 2. The summed E-state index contributed by atoms with van der Waals surface area (Å²) in [6.07, 6.45) is 15.1. The Morgan fingerprint density at radius 1 is 0.281 bits per heavy atom. The third-order valence-corrected chi connectivity index (χ3v) is 12.0. The van der Waals surface area contributed by atoms with Gasteiger partial charge in [0.2, 0.25) is 0 Å². The number of benzene rings is 4. The summed E-state index contributed by atoms with van der Waals surface area (Å²) in [6, 6.07) is 41.2. The van der Waals surface area contributed by atoms with Gasteiger partial charge in [0.15, 0.2) is 0 Å². The van der Waals surface area contributed by atoms with Gasteiger partial charge in [0.05, 0.1) is 44.8 Å². The van der Waals surface area contributed by atoms with Gasteiger partial charge in [0, 0.05) is 66.8 Å². The molecule has 0 aliphatic carbocycles. The van der Waals surface area contributed by atoms with Crippen molar-refractivity contribution in [2.45, 2.75) is 0 Å². The number of aromatic nitrogens is 4. The molecule has 0 saturated heterocycles. The fraction of sp³-hybridized carbons (Fsp3) is 0. The van der Waals surface area contributed by atoms with Gasteiger partial charge in [0.1, 0.15) is 0 Å². The Bertz CT molecular complexity index is 2920. The molecule has 5 heterocycles. The molecule has 4 heteroatoms. The molecule has 0 spiro atoms. The fourth-order valence-electron chi connectivity index (χ4n) is 9.28. The van der Waals surface area contributed by atoms with Gasteiger partial charge in [-0.05, 0) is 22.3 Å². The normalized spacial score (nSPS) is 12.1. The molecule has 0 atom stereocenters. The van der Waals surface area contributed by atoms with E-state index in [4.69, 9.17) is 9.97 Å². The SMILES string of the molecule is C=CC1=C(C=C)c2nc1c(-c1ccccc1)c1[nH]c(c(C=C)c1C=C)c(-c1ccccc1)c1nc(c(-c3ccccc3)c3[nH]c(c(C=C)c3C=C)c2-c2ccccc2)C(C=C)=C1C=C. The average Bonchev–Trinajstić information content (AvgIpc) is 4.10. The van der Waals surface area contributed by atoms with E-state index in [1.54, 1.807) is 0 Å². The van der Waals surface area contributed by atoms with E-state index in [0.717, 1.165) is 134 Å². The Hall–Kier alpha value is -8.60. The van der Waals surface area contributed by atoms with Crippen molar-refractivity contribution < 1.29 is 0 Å². The molecule has 0 saturated carbocycles. The van der Waals surface area contributed by atoms with Gasteiger partial charge in [-0.1, -0.05) is 223 Å². The monoisotopic (exact) mass is 822 g/mol. The molecule has 7 aromatic rings. The topological polar surface area (TPSA) is 57.4 Å². The highest BCUT2D eigenvalue weighted by Crippen LogP contribution is 2.49. The molecular formula is C60H46N4. The Morgan fingerprint density at radius 3 is 0.656 bits per heavy atom. The maximum absolute atomic E-state index is 5.72. The zero-order valence-electron chi connectivity index (χ0n) is 35.7. The molecule has 2 N–H and O–H groups in total. The first-order chi connectivity index (χ1) is 31.5. The average molecular weight is 823 g/mol. The predicted molar refractivity (Wildman–Crippen MR) is 278 cm³/mol. The molecule has 3 aromatic heterocycles. The number of hydrogen-bond donors (Lipinski definition) is 2. The summed E-state index contributed by atoms with van der Waals surface area (Å²) in [5, 5.41) is 0. The van der Waals surface area contributed by atoms with E-state index in [-0.39, 0.29) is 0 Å². The van der Waals surface area contributed by atoms with Crippen LogP contribution in [0.4, 0.5) is 0 Å². The first-order valence-corrected chi connectivity index (χ1v) is 21.1. The van der Waals surface area contributed by atoms with Crippen LogP contribution in [0.25, 0.3) is 113 Å². The smallest absolute Gasteiger partial charge is 0.0815 e. The minimum atomic E-state index is 0.723. The first-order valence-electron chi connectivity index (χ1n) is 21.1. The Morgan fingerprint density at radius 2 is 0.484 bits per heavy atom. The van der Waals surface area contributed by atoms with Gasteiger partial charge < -0.3 is 9.97 Å². The van der Waals surface area contributed by atoms with Gasteiger partial charge >= 0.3 is 0 Å².